The van der Waals surface area contributed by atoms with Crippen LogP contribution in [0.5, 0.6) is 0 Å². The second-order valence-corrected chi connectivity index (χ2v) is 17.8. The average molecular weight is 859 g/mol. The molecule has 0 unspecified atom stereocenters. The van der Waals surface area contributed by atoms with E-state index in [1.165, 1.54) is 78.5 Å². The highest BCUT2D eigenvalue weighted by Crippen LogP contribution is 2.58. The lowest BCUT2D eigenvalue weighted by Crippen LogP contribution is -2.28. The number of hydrogen-bond acceptors (Lipinski definition) is 0. The topological polar surface area (TPSA) is 0 Å². The van der Waals surface area contributed by atoms with Crippen molar-refractivity contribution in [3.8, 4) is 55.6 Å². The Labute approximate surface area is 387 Å². The zero-order valence-electron chi connectivity index (χ0n) is 36.3. The molecule has 0 fully saturated rings. The predicted molar refractivity (Wildman–Crippen MR) is 275 cm³/mol. The molecule has 1 aliphatic rings. The molecular weight excluding hydrogens is 819 g/mol. The van der Waals surface area contributed by atoms with E-state index in [9.17, 15) is 8.78 Å². The molecule has 0 nitrogen and oxygen atoms in total. The molecule has 0 atom stereocenters. The van der Waals surface area contributed by atoms with E-state index in [4.69, 9.17) is 0 Å². The first-order chi connectivity index (χ1) is 33.0. The minimum absolute atomic E-state index is 0.266. The van der Waals surface area contributed by atoms with Gasteiger partial charge in [0.2, 0.25) is 0 Å². The molecule has 0 radical (unpaired) electrons. The van der Waals surface area contributed by atoms with Crippen molar-refractivity contribution < 1.29 is 8.78 Å². The maximum atomic E-state index is 14.4. The van der Waals surface area contributed by atoms with Crippen LogP contribution in [0.15, 0.2) is 243 Å². The molecule has 0 saturated heterocycles. The highest BCUT2D eigenvalue weighted by atomic mass is 19.1. The van der Waals surface area contributed by atoms with Crippen LogP contribution in [-0.2, 0) is 5.41 Å². The van der Waals surface area contributed by atoms with Gasteiger partial charge >= 0.3 is 0 Å². The Hall–Kier alpha value is -8.46. The molecule has 314 valence electrons. The van der Waals surface area contributed by atoms with Crippen LogP contribution in [0, 0.1) is 11.6 Å². The Morgan fingerprint density at radius 2 is 0.552 bits per heavy atom. The van der Waals surface area contributed by atoms with Gasteiger partial charge in [-0.15, -0.1) is 0 Å². The lowest BCUT2D eigenvalue weighted by molar-refractivity contribution is 0.627. The fourth-order valence-corrected chi connectivity index (χ4v) is 11.2. The summed E-state index contributed by atoms with van der Waals surface area (Å²) in [6, 6.07) is 84.7. The first-order valence-corrected chi connectivity index (χ1v) is 22.9. The molecule has 0 amide bonds. The van der Waals surface area contributed by atoms with E-state index < -0.39 is 5.41 Å². The van der Waals surface area contributed by atoms with Gasteiger partial charge in [-0.3, -0.25) is 0 Å². The van der Waals surface area contributed by atoms with E-state index in [2.05, 4.69) is 194 Å². The number of benzene rings is 12. The quantitative estimate of drug-likeness (QED) is 0.146. The van der Waals surface area contributed by atoms with Crippen LogP contribution in [0.2, 0.25) is 0 Å². The molecule has 0 N–H and O–H groups in total. The van der Waals surface area contributed by atoms with Crippen LogP contribution in [0.3, 0.4) is 0 Å². The summed E-state index contributed by atoms with van der Waals surface area (Å²) in [4.78, 5) is 0. The summed E-state index contributed by atoms with van der Waals surface area (Å²) >= 11 is 0. The summed E-state index contributed by atoms with van der Waals surface area (Å²) in [6.45, 7) is 0. The van der Waals surface area contributed by atoms with Gasteiger partial charge in [-0.05, 0) is 170 Å². The molecule has 1 aliphatic carbocycles. The standard InChI is InChI=1S/C65H40F2/c66-53-31-21-41(22-32-53)45-25-35-59-60-36-26-46(42-23-33-54(67)34-24-42)40-62(60)65(61(59)39-45,51-27-17-43(18-28-51)63-55-13-5-1-9-47(55)37-48-10-2-6-14-56(48)63)52-29-19-44(20-30-52)64-57-15-7-3-11-49(57)38-50-12-4-8-16-58(50)64/h1-40H. The molecule has 0 aromatic heterocycles. The third kappa shape index (κ3) is 6.18. The molecule has 0 spiro atoms. The maximum absolute atomic E-state index is 14.4. The van der Waals surface area contributed by atoms with Gasteiger partial charge in [-0.25, -0.2) is 8.78 Å². The third-order valence-electron chi connectivity index (χ3n) is 14.2. The number of fused-ring (bicyclic) bond motifs is 7. The van der Waals surface area contributed by atoms with E-state index in [1.807, 2.05) is 24.3 Å². The Balaban J connectivity index is 1.09. The van der Waals surface area contributed by atoms with Crippen LogP contribution < -0.4 is 0 Å². The van der Waals surface area contributed by atoms with Crippen molar-refractivity contribution >= 4 is 43.1 Å². The maximum Gasteiger partial charge on any atom is 0.123 e. The first kappa shape index (κ1) is 39.0. The lowest BCUT2D eigenvalue weighted by Gasteiger charge is -2.35. The molecule has 12 aromatic carbocycles. The number of hydrogen-bond donors (Lipinski definition) is 0. The summed E-state index contributed by atoms with van der Waals surface area (Å²) in [6.07, 6.45) is 0. The lowest BCUT2D eigenvalue weighted by atomic mass is 9.66. The largest absolute Gasteiger partial charge is 0.207 e. The monoisotopic (exact) mass is 858 g/mol. The molecule has 0 bridgehead atoms. The smallest absolute Gasteiger partial charge is 0.123 e. The van der Waals surface area contributed by atoms with E-state index in [0.717, 1.165) is 66.8 Å². The normalized spacial score (nSPS) is 12.7. The average Bonchev–Trinajstić information content (AvgIpc) is 3.67. The second kappa shape index (κ2) is 15.3. The van der Waals surface area contributed by atoms with E-state index in [1.54, 1.807) is 0 Å². The molecular formula is C65H40F2. The highest BCUT2D eigenvalue weighted by molar-refractivity contribution is 6.14. The number of rotatable bonds is 6. The Bertz CT molecular complexity index is 3530. The van der Waals surface area contributed by atoms with Gasteiger partial charge in [0.05, 0.1) is 5.41 Å². The van der Waals surface area contributed by atoms with Crippen molar-refractivity contribution in [1.82, 2.24) is 0 Å². The summed E-state index contributed by atoms with van der Waals surface area (Å²) in [5.41, 5.74) is 14.6. The highest BCUT2D eigenvalue weighted by Gasteiger charge is 2.46. The summed E-state index contributed by atoms with van der Waals surface area (Å²) < 4.78 is 28.8. The van der Waals surface area contributed by atoms with Crippen molar-refractivity contribution in [3.63, 3.8) is 0 Å². The van der Waals surface area contributed by atoms with Crippen molar-refractivity contribution in [1.29, 1.82) is 0 Å². The van der Waals surface area contributed by atoms with Crippen LogP contribution in [0.1, 0.15) is 22.3 Å². The van der Waals surface area contributed by atoms with Crippen LogP contribution >= 0.6 is 0 Å². The fraction of sp³-hybridized carbons (Fsp3) is 0.0154. The minimum Gasteiger partial charge on any atom is -0.207 e. The molecule has 67 heavy (non-hydrogen) atoms. The van der Waals surface area contributed by atoms with Crippen LogP contribution in [-0.4, -0.2) is 0 Å². The van der Waals surface area contributed by atoms with Gasteiger partial charge < -0.3 is 0 Å². The summed E-state index contributed by atoms with van der Waals surface area (Å²) in [7, 11) is 0. The van der Waals surface area contributed by atoms with Crippen molar-refractivity contribution in [2.75, 3.05) is 0 Å². The van der Waals surface area contributed by atoms with E-state index >= 15 is 0 Å². The molecule has 0 heterocycles. The zero-order chi connectivity index (χ0) is 44.6. The molecule has 0 aliphatic heterocycles. The van der Waals surface area contributed by atoms with E-state index in [-0.39, 0.29) is 11.6 Å². The SMILES string of the molecule is Fc1ccc(-c2ccc3c(c2)C(c2ccc(-c4c5ccccc5cc5ccccc45)cc2)(c2ccc(-c4c5ccccc5cc5ccccc45)cc2)c2cc(-c4ccc(F)cc4)ccc2-3)cc1. The van der Waals surface area contributed by atoms with Gasteiger partial charge in [-0.1, -0.05) is 194 Å². The van der Waals surface area contributed by atoms with Crippen molar-refractivity contribution in [2.45, 2.75) is 5.41 Å². The number of halogens is 2. The molecule has 12 aromatic rings. The fourth-order valence-electron chi connectivity index (χ4n) is 11.2. The zero-order valence-corrected chi connectivity index (χ0v) is 36.3. The van der Waals surface area contributed by atoms with Gasteiger partial charge in [0.1, 0.15) is 11.6 Å². The molecule has 2 heteroatoms. The summed E-state index contributed by atoms with van der Waals surface area (Å²) in [5, 5.41) is 9.67. The Kier molecular flexibility index (Phi) is 8.91. The van der Waals surface area contributed by atoms with Gasteiger partial charge in [-0.2, -0.15) is 0 Å². The predicted octanol–water partition coefficient (Wildman–Crippen LogP) is 17.6. The van der Waals surface area contributed by atoms with E-state index in [0.29, 0.717) is 0 Å². The third-order valence-corrected chi connectivity index (χ3v) is 14.2. The minimum atomic E-state index is -0.796. The summed E-state index contributed by atoms with van der Waals surface area (Å²) in [5.74, 6) is -0.531. The van der Waals surface area contributed by atoms with Crippen molar-refractivity contribution in [3.05, 3.63) is 277 Å². The molecule has 13 rings (SSSR count). The van der Waals surface area contributed by atoms with Crippen LogP contribution in [0.4, 0.5) is 8.78 Å². The second-order valence-electron chi connectivity index (χ2n) is 17.8. The van der Waals surface area contributed by atoms with Gasteiger partial charge in [0.25, 0.3) is 0 Å². The Morgan fingerprint density at radius 1 is 0.254 bits per heavy atom. The van der Waals surface area contributed by atoms with Gasteiger partial charge in [0, 0.05) is 0 Å². The van der Waals surface area contributed by atoms with Crippen molar-refractivity contribution in [2.24, 2.45) is 0 Å². The van der Waals surface area contributed by atoms with Gasteiger partial charge in [0.15, 0.2) is 0 Å². The van der Waals surface area contributed by atoms with Crippen LogP contribution in [0.25, 0.3) is 98.7 Å². The molecule has 0 saturated carbocycles. The Morgan fingerprint density at radius 3 is 0.896 bits per heavy atom. The first-order valence-electron chi connectivity index (χ1n) is 22.9.